The summed E-state index contributed by atoms with van der Waals surface area (Å²) in [6, 6.07) is 0.195. The van der Waals surface area contributed by atoms with E-state index in [1.54, 1.807) is 0 Å². The van der Waals surface area contributed by atoms with Crippen molar-refractivity contribution in [1.82, 2.24) is 5.32 Å². The molecule has 2 aliphatic rings. The molecule has 2 atom stereocenters. The van der Waals surface area contributed by atoms with Crippen molar-refractivity contribution in [2.24, 2.45) is 11.3 Å². The number of ether oxygens (including phenoxy) is 1. The molecule has 1 aliphatic heterocycles. The Hall–Kier alpha value is -1.10. The van der Waals surface area contributed by atoms with E-state index in [2.05, 4.69) is 5.32 Å². The molecule has 1 saturated carbocycles. The van der Waals surface area contributed by atoms with Crippen LogP contribution in [0.2, 0.25) is 0 Å². The first kappa shape index (κ1) is 12.4. The number of carbonyl (C=O) groups is 2. The highest BCUT2D eigenvalue weighted by atomic mass is 16.5. The number of carboxylic acids is 1. The zero-order valence-electron chi connectivity index (χ0n) is 10.1. The fourth-order valence-electron chi connectivity index (χ4n) is 2.17. The number of carboxylic acid groups (broad SMARTS) is 1. The first-order valence-corrected chi connectivity index (χ1v) is 6.14. The molecule has 1 heterocycles. The molecule has 5 nitrogen and oxygen atoms in total. The molecule has 0 spiro atoms. The average molecular weight is 241 g/mol. The second kappa shape index (κ2) is 4.64. The Morgan fingerprint density at radius 3 is 2.59 bits per heavy atom. The zero-order chi connectivity index (χ0) is 12.5. The molecule has 0 bridgehead atoms. The molecule has 1 amide bonds. The van der Waals surface area contributed by atoms with Crippen molar-refractivity contribution in [3.8, 4) is 0 Å². The van der Waals surface area contributed by atoms with Crippen molar-refractivity contribution >= 4 is 11.9 Å². The average Bonchev–Trinajstić information content (AvgIpc) is 2.93. The summed E-state index contributed by atoms with van der Waals surface area (Å²) in [7, 11) is 0. The van der Waals surface area contributed by atoms with E-state index in [0.29, 0.717) is 19.6 Å². The summed E-state index contributed by atoms with van der Waals surface area (Å²) in [5, 5.41) is 12.1. The van der Waals surface area contributed by atoms with E-state index in [1.807, 2.05) is 0 Å². The van der Waals surface area contributed by atoms with Gasteiger partial charge < -0.3 is 15.2 Å². The van der Waals surface area contributed by atoms with E-state index in [9.17, 15) is 14.7 Å². The fraction of sp³-hybridized carbons (Fsp3) is 0.833. The monoisotopic (exact) mass is 241 g/mol. The first-order valence-electron chi connectivity index (χ1n) is 6.14. The van der Waals surface area contributed by atoms with Gasteiger partial charge in [0.15, 0.2) is 0 Å². The normalized spacial score (nSPS) is 27.5. The molecule has 1 aliphatic carbocycles. The van der Waals surface area contributed by atoms with E-state index in [1.165, 1.54) is 6.92 Å². The Kier molecular flexibility index (Phi) is 3.38. The molecule has 0 aromatic carbocycles. The number of hydrogen-bond donors (Lipinski definition) is 2. The summed E-state index contributed by atoms with van der Waals surface area (Å²) >= 11 is 0. The Bertz CT molecular complexity index is 320. The number of amides is 1. The van der Waals surface area contributed by atoms with Crippen molar-refractivity contribution < 1.29 is 19.4 Å². The molecule has 2 N–H and O–H groups in total. The first-order chi connectivity index (χ1) is 8.02. The number of rotatable bonds is 5. The number of nitrogens with one attached hydrogen (secondary N) is 1. The van der Waals surface area contributed by atoms with Crippen LogP contribution in [-0.4, -0.2) is 36.2 Å². The summed E-state index contributed by atoms with van der Waals surface area (Å²) in [5.41, 5.74) is -1.32. The highest BCUT2D eigenvalue weighted by molar-refractivity contribution is 6.01. The van der Waals surface area contributed by atoms with Crippen LogP contribution in [-0.2, 0) is 14.3 Å². The molecule has 0 aromatic rings. The van der Waals surface area contributed by atoms with Crippen molar-refractivity contribution in [3.63, 3.8) is 0 Å². The maximum atomic E-state index is 12.0. The van der Waals surface area contributed by atoms with Crippen LogP contribution < -0.4 is 5.32 Å². The summed E-state index contributed by atoms with van der Waals surface area (Å²) in [6.07, 6.45) is 3.14. The lowest BCUT2D eigenvalue weighted by molar-refractivity contribution is -0.156. The van der Waals surface area contributed by atoms with Gasteiger partial charge in [0.1, 0.15) is 5.41 Å². The standard InChI is InChI=1S/C12H19NO4/c1-12(11(15)16,6-8-4-5-17-7-8)10(14)13-9-2-3-9/h8-9H,2-7H2,1H3,(H,13,14)(H,15,16). The smallest absolute Gasteiger partial charge is 0.318 e. The molecule has 2 fully saturated rings. The summed E-state index contributed by atoms with van der Waals surface area (Å²) in [6.45, 7) is 2.76. The van der Waals surface area contributed by atoms with Crippen molar-refractivity contribution in [3.05, 3.63) is 0 Å². The Morgan fingerprint density at radius 2 is 2.12 bits per heavy atom. The van der Waals surface area contributed by atoms with Gasteiger partial charge in [0.05, 0.1) is 0 Å². The van der Waals surface area contributed by atoms with Gasteiger partial charge in [-0.1, -0.05) is 0 Å². The van der Waals surface area contributed by atoms with Gasteiger partial charge in [-0.25, -0.2) is 0 Å². The van der Waals surface area contributed by atoms with Crippen LogP contribution >= 0.6 is 0 Å². The van der Waals surface area contributed by atoms with Gasteiger partial charge in [0, 0.05) is 19.3 Å². The van der Waals surface area contributed by atoms with Gasteiger partial charge >= 0.3 is 5.97 Å². The molecular weight excluding hydrogens is 222 g/mol. The third-order valence-corrected chi connectivity index (χ3v) is 3.61. The van der Waals surface area contributed by atoms with Crippen molar-refractivity contribution in [1.29, 1.82) is 0 Å². The molecule has 96 valence electrons. The lowest BCUT2D eigenvalue weighted by Gasteiger charge is -2.26. The maximum absolute atomic E-state index is 12.0. The Morgan fingerprint density at radius 1 is 1.41 bits per heavy atom. The molecule has 17 heavy (non-hydrogen) atoms. The highest BCUT2D eigenvalue weighted by Crippen LogP contribution is 2.32. The zero-order valence-corrected chi connectivity index (χ0v) is 10.1. The minimum atomic E-state index is -1.32. The summed E-state index contributed by atoms with van der Waals surface area (Å²) in [5.74, 6) is -1.21. The van der Waals surface area contributed by atoms with E-state index in [4.69, 9.17) is 4.74 Å². The molecule has 2 unspecified atom stereocenters. The van der Waals surface area contributed by atoms with Crippen LogP contribution in [0.3, 0.4) is 0 Å². The van der Waals surface area contributed by atoms with Gasteiger partial charge in [-0.3, -0.25) is 9.59 Å². The molecular formula is C12H19NO4. The maximum Gasteiger partial charge on any atom is 0.318 e. The van der Waals surface area contributed by atoms with Gasteiger partial charge in [0.25, 0.3) is 0 Å². The van der Waals surface area contributed by atoms with Gasteiger partial charge in [-0.15, -0.1) is 0 Å². The molecule has 1 saturated heterocycles. The second-order valence-electron chi connectivity index (χ2n) is 5.32. The van der Waals surface area contributed by atoms with E-state index >= 15 is 0 Å². The van der Waals surface area contributed by atoms with Gasteiger partial charge in [-0.05, 0) is 38.5 Å². The quantitative estimate of drug-likeness (QED) is 0.697. The molecule has 2 rings (SSSR count). The number of hydrogen-bond acceptors (Lipinski definition) is 3. The Balaban J connectivity index is 2.00. The minimum absolute atomic E-state index is 0.182. The summed E-state index contributed by atoms with van der Waals surface area (Å²) in [4.78, 5) is 23.4. The van der Waals surface area contributed by atoms with Crippen LogP contribution in [0.1, 0.15) is 32.6 Å². The number of aliphatic carboxylic acids is 1. The van der Waals surface area contributed by atoms with Crippen molar-refractivity contribution in [2.45, 2.75) is 38.6 Å². The largest absolute Gasteiger partial charge is 0.480 e. The van der Waals surface area contributed by atoms with Crippen LogP contribution in [0.5, 0.6) is 0 Å². The van der Waals surface area contributed by atoms with Gasteiger partial charge in [0.2, 0.25) is 5.91 Å². The fourth-order valence-corrected chi connectivity index (χ4v) is 2.17. The van der Waals surface area contributed by atoms with Crippen LogP contribution in [0.4, 0.5) is 0 Å². The van der Waals surface area contributed by atoms with E-state index in [0.717, 1.165) is 19.3 Å². The lowest BCUT2D eigenvalue weighted by Crippen LogP contribution is -2.46. The predicted molar refractivity (Wildman–Crippen MR) is 60.5 cm³/mol. The highest BCUT2D eigenvalue weighted by Gasteiger charge is 2.45. The Labute approximate surface area is 101 Å². The van der Waals surface area contributed by atoms with Crippen LogP contribution in [0.25, 0.3) is 0 Å². The minimum Gasteiger partial charge on any atom is -0.480 e. The SMILES string of the molecule is CC(CC1CCOC1)(C(=O)O)C(=O)NC1CC1. The molecule has 5 heteroatoms. The second-order valence-corrected chi connectivity index (χ2v) is 5.32. The topological polar surface area (TPSA) is 75.6 Å². The predicted octanol–water partition coefficient (Wildman–Crippen LogP) is 0.782. The van der Waals surface area contributed by atoms with Crippen LogP contribution in [0, 0.1) is 11.3 Å². The third-order valence-electron chi connectivity index (χ3n) is 3.61. The summed E-state index contributed by atoms with van der Waals surface area (Å²) < 4.78 is 5.23. The van der Waals surface area contributed by atoms with E-state index < -0.39 is 11.4 Å². The number of carbonyl (C=O) groups excluding carboxylic acids is 1. The third kappa shape index (κ3) is 2.77. The van der Waals surface area contributed by atoms with Crippen LogP contribution in [0.15, 0.2) is 0 Å². The van der Waals surface area contributed by atoms with E-state index in [-0.39, 0.29) is 17.9 Å². The molecule has 0 radical (unpaired) electrons. The molecule has 0 aromatic heterocycles. The van der Waals surface area contributed by atoms with Crippen molar-refractivity contribution in [2.75, 3.05) is 13.2 Å². The van der Waals surface area contributed by atoms with Gasteiger partial charge in [-0.2, -0.15) is 0 Å². The lowest BCUT2D eigenvalue weighted by atomic mass is 9.79.